The Morgan fingerprint density at radius 2 is 1.86 bits per heavy atom. The van der Waals surface area contributed by atoms with Gasteiger partial charge in [0.05, 0.1) is 21.8 Å². The predicted molar refractivity (Wildman–Crippen MR) is 165 cm³/mol. The van der Waals surface area contributed by atoms with Gasteiger partial charge in [-0.05, 0) is 69.0 Å². The maximum atomic E-state index is 15.0. The lowest BCUT2D eigenvalue weighted by molar-refractivity contribution is -0.128. The first-order valence-electron chi connectivity index (χ1n) is 14.0. The standard InChI is InChI=1S/C32H34ClFN6O2/c1-8-27(41)38-15-19(5)39(16-18(38)4)30-23-13-25(33)28(22-11-9-10-12-26(22)34)36-31(23)40(32(42)37-30)29-20(6)21(7)35-14-24(29)17(2)3/h8-14,17-19H,1,15-16H2,2-7H3/t18-,19+/m1/s1. The summed E-state index contributed by atoms with van der Waals surface area (Å²) in [5, 5.41) is 0.777. The number of benzene rings is 1. The molecule has 1 saturated heterocycles. The van der Waals surface area contributed by atoms with Gasteiger partial charge in [-0.3, -0.25) is 9.78 Å². The smallest absolute Gasteiger partial charge is 0.349 e. The molecular formula is C32H34ClFN6O2. The number of nitrogens with zero attached hydrogens (tertiary/aromatic N) is 6. The Hall–Kier alpha value is -4.11. The molecule has 1 fully saturated rings. The largest absolute Gasteiger partial charge is 0.355 e. The van der Waals surface area contributed by atoms with Gasteiger partial charge in [-0.15, -0.1) is 0 Å². The number of aromatic nitrogens is 4. The van der Waals surface area contributed by atoms with Gasteiger partial charge in [-0.1, -0.05) is 44.2 Å². The zero-order valence-electron chi connectivity index (χ0n) is 24.7. The van der Waals surface area contributed by atoms with Crippen LogP contribution in [0.2, 0.25) is 5.02 Å². The van der Waals surface area contributed by atoms with Crippen molar-refractivity contribution in [2.75, 3.05) is 18.0 Å². The number of amides is 1. The van der Waals surface area contributed by atoms with Crippen LogP contribution in [0.25, 0.3) is 28.0 Å². The summed E-state index contributed by atoms with van der Waals surface area (Å²) in [4.78, 5) is 44.5. The molecule has 1 aliphatic heterocycles. The van der Waals surface area contributed by atoms with Crippen LogP contribution in [0, 0.1) is 19.7 Å². The molecule has 10 heteroatoms. The second kappa shape index (κ2) is 11.3. The fraction of sp³-hybridized carbons (Fsp3) is 0.344. The number of carbonyl (C=O) groups excluding carboxylic acids is 1. The Morgan fingerprint density at radius 1 is 1.14 bits per heavy atom. The van der Waals surface area contributed by atoms with Crippen molar-refractivity contribution in [2.24, 2.45) is 0 Å². The van der Waals surface area contributed by atoms with Crippen molar-refractivity contribution >= 4 is 34.4 Å². The molecule has 0 aliphatic carbocycles. The molecule has 218 valence electrons. The number of carbonyl (C=O) groups is 1. The SMILES string of the molecule is C=CC(=O)N1C[C@H](C)N(c2nc(=O)n(-c3c(C(C)C)cnc(C)c3C)c3nc(-c4ccccc4F)c(Cl)cc23)C[C@H]1C. The Kier molecular flexibility index (Phi) is 7.90. The Labute approximate surface area is 249 Å². The molecule has 1 amide bonds. The van der Waals surface area contributed by atoms with E-state index in [0.717, 1.165) is 16.8 Å². The second-order valence-electron chi connectivity index (χ2n) is 11.2. The third-order valence-electron chi connectivity index (χ3n) is 8.06. The van der Waals surface area contributed by atoms with Gasteiger partial charge in [0.1, 0.15) is 11.6 Å². The minimum atomic E-state index is -0.521. The fourth-order valence-corrected chi connectivity index (χ4v) is 5.90. The number of hydrogen-bond acceptors (Lipinski definition) is 6. The Bertz CT molecular complexity index is 1790. The lowest BCUT2D eigenvalue weighted by Gasteiger charge is -2.44. The molecule has 4 aromatic rings. The van der Waals surface area contributed by atoms with Crippen LogP contribution in [0.5, 0.6) is 0 Å². The molecule has 0 radical (unpaired) electrons. The summed E-state index contributed by atoms with van der Waals surface area (Å²) in [5.74, 6) is -0.159. The second-order valence-corrected chi connectivity index (χ2v) is 11.6. The summed E-state index contributed by atoms with van der Waals surface area (Å²) in [7, 11) is 0. The van der Waals surface area contributed by atoms with Crippen molar-refractivity contribution < 1.29 is 9.18 Å². The van der Waals surface area contributed by atoms with Crippen LogP contribution in [0.15, 0.2) is 54.0 Å². The van der Waals surface area contributed by atoms with Gasteiger partial charge in [-0.25, -0.2) is 18.7 Å². The van der Waals surface area contributed by atoms with E-state index >= 15 is 4.39 Å². The van der Waals surface area contributed by atoms with Crippen LogP contribution in [0.4, 0.5) is 10.2 Å². The predicted octanol–water partition coefficient (Wildman–Crippen LogP) is 5.99. The molecule has 1 aliphatic rings. The van der Waals surface area contributed by atoms with E-state index in [1.807, 2.05) is 46.4 Å². The van der Waals surface area contributed by atoms with Crippen molar-refractivity contribution in [3.8, 4) is 16.9 Å². The van der Waals surface area contributed by atoms with Gasteiger partial charge in [0, 0.05) is 42.6 Å². The van der Waals surface area contributed by atoms with E-state index in [4.69, 9.17) is 16.6 Å². The molecule has 0 saturated carbocycles. The van der Waals surface area contributed by atoms with Crippen molar-refractivity contribution in [1.29, 1.82) is 0 Å². The number of halogens is 2. The highest BCUT2D eigenvalue weighted by Gasteiger charge is 2.34. The van der Waals surface area contributed by atoms with Crippen LogP contribution >= 0.6 is 11.6 Å². The van der Waals surface area contributed by atoms with E-state index in [-0.39, 0.29) is 40.2 Å². The third-order valence-corrected chi connectivity index (χ3v) is 8.35. The van der Waals surface area contributed by atoms with Gasteiger partial charge in [0.15, 0.2) is 5.65 Å². The van der Waals surface area contributed by atoms with Crippen LogP contribution in [-0.4, -0.2) is 55.5 Å². The summed E-state index contributed by atoms with van der Waals surface area (Å²) in [6, 6.07) is 7.65. The lowest BCUT2D eigenvalue weighted by Crippen LogP contribution is -2.58. The van der Waals surface area contributed by atoms with Gasteiger partial charge >= 0.3 is 5.69 Å². The van der Waals surface area contributed by atoms with E-state index in [1.54, 1.807) is 35.4 Å². The molecule has 8 nitrogen and oxygen atoms in total. The average Bonchev–Trinajstić information content (AvgIpc) is 2.95. The zero-order valence-corrected chi connectivity index (χ0v) is 25.4. The van der Waals surface area contributed by atoms with Crippen LogP contribution in [0.3, 0.4) is 0 Å². The summed E-state index contributed by atoms with van der Waals surface area (Å²) >= 11 is 6.81. The topological polar surface area (TPSA) is 84.2 Å². The maximum Gasteiger partial charge on any atom is 0.355 e. The average molecular weight is 589 g/mol. The summed E-state index contributed by atoms with van der Waals surface area (Å²) in [6.07, 6.45) is 3.09. The highest BCUT2D eigenvalue weighted by molar-refractivity contribution is 6.33. The Balaban J connectivity index is 1.85. The number of pyridine rings is 2. The van der Waals surface area contributed by atoms with E-state index in [2.05, 4.69) is 16.5 Å². The summed E-state index contributed by atoms with van der Waals surface area (Å²) in [5.41, 5.74) is 3.35. The van der Waals surface area contributed by atoms with E-state index < -0.39 is 11.5 Å². The van der Waals surface area contributed by atoms with Gasteiger partial charge in [0.2, 0.25) is 5.91 Å². The van der Waals surface area contributed by atoms with Crippen LogP contribution < -0.4 is 10.6 Å². The number of fused-ring (bicyclic) bond motifs is 1. The molecule has 0 unspecified atom stereocenters. The molecule has 0 N–H and O–H groups in total. The molecule has 1 aromatic carbocycles. The van der Waals surface area contributed by atoms with Crippen molar-refractivity contribution in [2.45, 2.75) is 59.5 Å². The first kappa shape index (κ1) is 29.4. The lowest BCUT2D eigenvalue weighted by atomic mass is 9.99. The number of piperazine rings is 1. The number of anilines is 1. The van der Waals surface area contributed by atoms with Crippen molar-refractivity contribution in [1.82, 2.24) is 24.4 Å². The summed E-state index contributed by atoms with van der Waals surface area (Å²) < 4.78 is 16.5. The molecule has 0 bridgehead atoms. The molecule has 5 rings (SSSR count). The minimum Gasteiger partial charge on any atom is -0.349 e. The monoisotopic (exact) mass is 588 g/mol. The molecule has 0 spiro atoms. The quantitative estimate of drug-likeness (QED) is 0.266. The molecule has 3 aromatic heterocycles. The van der Waals surface area contributed by atoms with Crippen molar-refractivity contribution in [3.05, 3.63) is 87.3 Å². The highest BCUT2D eigenvalue weighted by atomic mass is 35.5. The maximum absolute atomic E-state index is 15.0. The first-order valence-corrected chi connectivity index (χ1v) is 14.4. The molecule has 4 heterocycles. The fourth-order valence-electron chi connectivity index (χ4n) is 5.65. The van der Waals surface area contributed by atoms with E-state index in [1.165, 1.54) is 16.7 Å². The van der Waals surface area contributed by atoms with Crippen LogP contribution in [-0.2, 0) is 4.79 Å². The molecule has 42 heavy (non-hydrogen) atoms. The molecule has 2 atom stereocenters. The number of rotatable bonds is 5. The van der Waals surface area contributed by atoms with Gasteiger partial charge in [-0.2, -0.15) is 4.98 Å². The highest BCUT2D eigenvalue weighted by Crippen LogP contribution is 2.37. The van der Waals surface area contributed by atoms with Gasteiger partial charge < -0.3 is 9.80 Å². The Morgan fingerprint density at radius 3 is 2.52 bits per heavy atom. The molecular weight excluding hydrogens is 555 g/mol. The number of hydrogen-bond donors (Lipinski definition) is 0. The third kappa shape index (κ3) is 4.96. The summed E-state index contributed by atoms with van der Waals surface area (Å²) in [6.45, 7) is 16.3. The van der Waals surface area contributed by atoms with Crippen molar-refractivity contribution in [3.63, 3.8) is 0 Å². The number of aryl methyl sites for hydroxylation is 1. The normalized spacial score (nSPS) is 17.3. The first-order chi connectivity index (χ1) is 19.9. The van der Waals surface area contributed by atoms with E-state index in [9.17, 15) is 9.59 Å². The minimum absolute atomic E-state index is 0.0445. The van der Waals surface area contributed by atoms with Gasteiger partial charge in [0.25, 0.3) is 0 Å². The van der Waals surface area contributed by atoms with E-state index in [0.29, 0.717) is 35.6 Å². The zero-order chi connectivity index (χ0) is 30.5. The van der Waals surface area contributed by atoms with Crippen LogP contribution in [0.1, 0.15) is 50.4 Å².